The smallest absolute Gasteiger partial charge is 0.319 e. The van der Waals surface area contributed by atoms with Gasteiger partial charge in [-0.3, -0.25) is 14.3 Å². The summed E-state index contributed by atoms with van der Waals surface area (Å²) in [6, 6.07) is 0. The molecule has 0 saturated carbocycles. The van der Waals surface area contributed by atoms with Gasteiger partial charge in [-0.05, 0) is 13.8 Å². The van der Waals surface area contributed by atoms with Crippen LogP contribution >= 0.6 is 11.6 Å². The van der Waals surface area contributed by atoms with Gasteiger partial charge in [0.1, 0.15) is 10.6 Å². The maximum atomic E-state index is 11.7. The Labute approximate surface area is 110 Å². The Kier molecular flexibility index (Phi) is 4.01. The molecular formula is C11H16ClN3O3. The van der Waals surface area contributed by atoms with Crippen molar-refractivity contribution in [3.63, 3.8) is 0 Å². The number of nitrogens with one attached hydrogen (secondary N) is 1. The molecule has 0 fully saturated rings. The summed E-state index contributed by atoms with van der Waals surface area (Å²) in [7, 11) is 3.07. The summed E-state index contributed by atoms with van der Waals surface area (Å²) >= 11 is 6.05. The van der Waals surface area contributed by atoms with E-state index in [9.17, 15) is 14.7 Å². The predicted octanol–water partition coefficient (Wildman–Crippen LogP) is 0.761. The maximum Gasteiger partial charge on any atom is 0.319 e. The zero-order chi connectivity index (χ0) is 14.1. The van der Waals surface area contributed by atoms with Crippen LogP contribution in [0.15, 0.2) is 0 Å². The molecule has 2 N–H and O–H groups in total. The third-order valence-electron chi connectivity index (χ3n) is 3.00. The lowest BCUT2D eigenvalue weighted by Crippen LogP contribution is -2.44. The van der Waals surface area contributed by atoms with Crippen molar-refractivity contribution in [1.82, 2.24) is 15.1 Å². The number of amides is 1. The second-order valence-electron chi connectivity index (χ2n) is 4.37. The van der Waals surface area contributed by atoms with Crippen molar-refractivity contribution in [2.24, 2.45) is 12.5 Å². The standard InChI is InChI=1S/C11H16ClN3O3/c1-6-7(8(12)15(4)14-6)5-11(2,10(17)18)9(16)13-3/h5H2,1-4H3,(H,13,16)(H,17,18). The number of carboxylic acids is 1. The van der Waals surface area contributed by atoms with Crippen molar-refractivity contribution >= 4 is 23.5 Å². The van der Waals surface area contributed by atoms with Gasteiger partial charge in [0.15, 0.2) is 0 Å². The van der Waals surface area contributed by atoms with E-state index in [1.807, 2.05) is 0 Å². The van der Waals surface area contributed by atoms with E-state index in [4.69, 9.17) is 11.6 Å². The van der Waals surface area contributed by atoms with Gasteiger partial charge < -0.3 is 10.4 Å². The van der Waals surface area contributed by atoms with Crippen LogP contribution in [0.3, 0.4) is 0 Å². The highest BCUT2D eigenvalue weighted by Crippen LogP contribution is 2.29. The maximum absolute atomic E-state index is 11.7. The second-order valence-corrected chi connectivity index (χ2v) is 4.73. The van der Waals surface area contributed by atoms with Crippen LogP contribution in [0, 0.1) is 12.3 Å². The van der Waals surface area contributed by atoms with Crippen molar-refractivity contribution in [1.29, 1.82) is 0 Å². The number of halogens is 1. The number of nitrogens with zero attached hydrogens (tertiary/aromatic N) is 2. The molecule has 0 aromatic carbocycles. The van der Waals surface area contributed by atoms with Gasteiger partial charge in [-0.15, -0.1) is 0 Å². The minimum Gasteiger partial charge on any atom is -0.480 e. The van der Waals surface area contributed by atoms with Crippen LogP contribution in [0.25, 0.3) is 0 Å². The molecule has 1 amide bonds. The number of carbonyl (C=O) groups is 2. The summed E-state index contributed by atoms with van der Waals surface area (Å²) in [5.41, 5.74) is -0.363. The summed E-state index contributed by atoms with van der Waals surface area (Å²) in [5.74, 6) is -1.75. The van der Waals surface area contributed by atoms with Crippen molar-refractivity contribution in [2.75, 3.05) is 7.05 Å². The first-order chi connectivity index (χ1) is 8.24. The molecular weight excluding hydrogens is 258 g/mol. The molecule has 0 aliphatic rings. The first-order valence-electron chi connectivity index (χ1n) is 5.37. The normalized spacial score (nSPS) is 14.1. The molecule has 1 unspecified atom stereocenters. The molecule has 0 radical (unpaired) electrons. The number of carbonyl (C=O) groups excluding carboxylic acids is 1. The van der Waals surface area contributed by atoms with Gasteiger partial charge in [0, 0.05) is 26.1 Å². The number of aryl methyl sites for hydroxylation is 2. The quantitative estimate of drug-likeness (QED) is 0.794. The Morgan fingerprint density at radius 3 is 2.44 bits per heavy atom. The number of aromatic nitrogens is 2. The SMILES string of the molecule is CNC(=O)C(C)(Cc1c(C)nn(C)c1Cl)C(=O)O. The fourth-order valence-electron chi connectivity index (χ4n) is 1.76. The lowest BCUT2D eigenvalue weighted by molar-refractivity contribution is -0.154. The summed E-state index contributed by atoms with van der Waals surface area (Å²) in [6.45, 7) is 3.10. The highest BCUT2D eigenvalue weighted by Gasteiger charge is 2.42. The molecule has 1 rings (SSSR count). The molecule has 1 atom stereocenters. The molecule has 100 valence electrons. The molecule has 0 bridgehead atoms. The number of carboxylic acid groups (broad SMARTS) is 1. The average molecular weight is 274 g/mol. The zero-order valence-electron chi connectivity index (χ0n) is 10.7. The minimum atomic E-state index is -1.56. The number of hydrogen-bond donors (Lipinski definition) is 2. The van der Waals surface area contributed by atoms with Crippen LogP contribution in [0.5, 0.6) is 0 Å². The number of aliphatic carboxylic acids is 1. The van der Waals surface area contributed by atoms with Gasteiger partial charge in [0.05, 0.1) is 5.69 Å². The topological polar surface area (TPSA) is 84.2 Å². The monoisotopic (exact) mass is 273 g/mol. The van der Waals surface area contributed by atoms with E-state index in [1.165, 1.54) is 18.7 Å². The number of rotatable bonds is 4. The van der Waals surface area contributed by atoms with Crippen molar-refractivity contribution in [3.05, 3.63) is 16.4 Å². The fraction of sp³-hybridized carbons (Fsp3) is 0.545. The minimum absolute atomic E-state index is 0.000509. The van der Waals surface area contributed by atoms with Crippen molar-refractivity contribution in [3.8, 4) is 0 Å². The molecule has 0 saturated heterocycles. The van der Waals surface area contributed by atoms with Gasteiger partial charge in [-0.2, -0.15) is 5.10 Å². The summed E-state index contributed by atoms with van der Waals surface area (Å²) in [5, 5.41) is 16.1. The summed E-state index contributed by atoms with van der Waals surface area (Å²) < 4.78 is 1.46. The van der Waals surface area contributed by atoms with Crippen LogP contribution in [-0.2, 0) is 23.1 Å². The van der Waals surface area contributed by atoms with Crippen LogP contribution in [0.4, 0.5) is 0 Å². The number of hydrogen-bond acceptors (Lipinski definition) is 3. The molecule has 0 aliphatic heterocycles. The van der Waals surface area contributed by atoms with E-state index in [0.29, 0.717) is 16.4 Å². The molecule has 1 heterocycles. The molecule has 7 heteroatoms. The Balaban J connectivity index is 3.20. The lowest BCUT2D eigenvalue weighted by Gasteiger charge is -2.22. The third kappa shape index (κ3) is 2.33. The van der Waals surface area contributed by atoms with Crippen LogP contribution in [0.2, 0.25) is 5.15 Å². The second kappa shape index (κ2) is 4.97. The van der Waals surface area contributed by atoms with Crippen LogP contribution < -0.4 is 5.32 Å². The van der Waals surface area contributed by atoms with E-state index < -0.39 is 17.3 Å². The Morgan fingerprint density at radius 1 is 1.56 bits per heavy atom. The van der Waals surface area contributed by atoms with E-state index in [-0.39, 0.29) is 6.42 Å². The van der Waals surface area contributed by atoms with E-state index in [1.54, 1.807) is 14.0 Å². The zero-order valence-corrected chi connectivity index (χ0v) is 11.5. The van der Waals surface area contributed by atoms with E-state index in [2.05, 4.69) is 10.4 Å². The van der Waals surface area contributed by atoms with Gasteiger partial charge in [0.25, 0.3) is 0 Å². The van der Waals surface area contributed by atoms with E-state index in [0.717, 1.165) is 0 Å². The highest BCUT2D eigenvalue weighted by atomic mass is 35.5. The Morgan fingerprint density at radius 2 is 2.11 bits per heavy atom. The molecule has 0 spiro atoms. The van der Waals surface area contributed by atoms with Gasteiger partial charge in [-0.1, -0.05) is 11.6 Å². The first kappa shape index (κ1) is 14.5. The van der Waals surface area contributed by atoms with Gasteiger partial charge in [-0.25, -0.2) is 0 Å². The molecule has 1 aromatic heterocycles. The molecule has 18 heavy (non-hydrogen) atoms. The third-order valence-corrected chi connectivity index (χ3v) is 3.47. The van der Waals surface area contributed by atoms with Crippen LogP contribution in [0.1, 0.15) is 18.2 Å². The largest absolute Gasteiger partial charge is 0.480 e. The molecule has 6 nitrogen and oxygen atoms in total. The van der Waals surface area contributed by atoms with Crippen molar-refractivity contribution < 1.29 is 14.7 Å². The molecule has 0 aliphatic carbocycles. The lowest BCUT2D eigenvalue weighted by atomic mass is 9.83. The van der Waals surface area contributed by atoms with E-state index >= 15 is 0 Å². The van der Waals surface area contributed by atoms with Gasteiger partial charge in [0.2, 0.25) is 5.91 Å². The fourth-order valence-corrected chi connectivity index (χ4v) is 2.00. The van der Waals surface area contributed by atoms with Crippen LogP contribution in [-0.4, -0.2) is 33.8 Å². The Hall–Kier alpha value is -1.56. The predicted molar refractivity (Wildman–Crippen MR) is 66.5 cm³/mol. The average Bonchev–Trinajstić information content (AvgIpc) is 2.54. The molecule has 1 aromatic rings. The highest BCUT2D eigenvalue weighted by molar-refractivity contribution is 6.30. The van der Waals surface area contributed by atoms with Crippen molar-refractivity contribution in [2.45, 2.75) is 20.3 Å². The summed E-state index contributed by atoms with van der Waals surface area (Å²) in [6.07, 6.45) is 0.000509. The summed E-state index contributed by atoms with van der Waals surface area (Å²) in [4.78, 5) is 23.1. The first-order valence-corrected chi connectivity index (χ1v) is 5.75. The Bertz CT molecular complexity index is 498. The van der Waals surface area contributed by atoms with Gasteiger partial charge >= 0.3 is 5.97 Å².